The third-order valence-electron chi connectivity index (χ3n) is 2.90. The smallest absolute Gasteiger partial charge is 0.269 e. The Morgan fingerprint density at radius 1 is 1.32 bits per heavy atom. The molecule has 0 aliphatic heterocycles. The number of benzene rings is 1. The lowest BCUT2D eigenvalue weighted by atomic mass is 10.1. The molecule has 3 nitrogen and oxygen atoms in total. The van der Waals surface area contributed by atoms with E-state index in [2.05, 4.69) is 15.9 Å². The Hall–Kier alpha value is -1.26. The summed E-state index contributed by atoms with van der Waals surface area (Å²) in [6, 6.07) is 9.12. The summed E-state index contributed by atoms with van der Waals surface area (Å²) in [5.74, 6) is 0.759. The van der Waals surface area contributed by atoms with E-state index in [1.807, 2.05) is 31.2 Å². The highest BCUT2D eigenvalue weighted by atomic mass is 79.9. The average molecular weight is 343 g/mol. The van der Waals surface area contributed by atoms with Crippen LogP contribution < -0.4 is 10.3 Å². The maximum Gasteiger partial charge on any atom is 0.269 e. The minimum atomic E-state index is -0.176. The summed E-state index contributed by atoms with van der Waals surface area (Å²) in [6.45, 7) is 2.48. The SMILES string of the molecule is CCn1c(-c2ccc(OC)cc2Br)ccc(Cl)c1=O. The molecule has 0 fully saturated rings. The maximum atomic E-state index is 12.0. The average Bonchev–Trinajstić information content (AvgIpc) is 2.42. The van der Waals surface area contributed by atoms with Crippen molar-refractivity contribution in [2.24, 2.45) is 0 Å². The van der Waals surface area contributed by atoms with Gasteiger partial charge in [0.15, 0.2) is 0 Å². The molecule has 1 heterocycles. The molecule has 2 aromatic rings. The van der Waals surface area contributed by atoms with Crippen LogP contribution in [0, 0.1) is 0 Å². The van der Waals surface area contributed by atoms with Crippen LogP contribution in [0.4, 0.5) is 0 Å². The van der Waals surface area contributed by atoms with Gasteiger partial charge in [-0.1, -0.05) is 11.6 Å². The van der Waals surface area contributed by atoms with Crippen LogP contribution in [0.1, 0.15) is 6.92 Å². The Balaban J connectivity index is 2.66. The molecule has 0 radical (unpaired) electrons. The van der Waals surface area contributed by atoms with Crippen molar-refractivity contribution in [1.82, 2.24) is 4.57 Å². The Morgan fingerprint density at radius 3 is 2.63 bits per heavy atom. The zero-order valence-corrected chi connectivity index (χ0v) is 13.0. The number of methoxy groups -OCH3 is 1. The van der Waals surface area contributed by atoms with Gasteiger partial charge in [0.05, 0.1) is 12.8 Å². The van der Waals surface area contributed by atoms with Gasteiger partial charge in [-0.2, -0.15) is 0 Å². The molecule has 0 bridgehead atoms. The van der Waals surface area contributed by atoms with Crippen molar-refractivity contribution < 1.29 is 4.74 Å². The molecule has 0 amide bonds. The molecule has 0 N–H and O–H groups in total. The largest absolute Gasteiger partial charge is 0.497 e. The fraction of sp³-hybridized carbons (Fsp3) is 0.214. The van der Waals surface area contributed by atoms with Crippen molar-refractivity contribution in [1.29, 1.82) is 0 Å². The van der Waals surface area contributed by atoms with Crippen molar-refractivity contribution in [3.05, 3.63) is 50.2 Å². The standard InChI is InChI=1S/C14H13BrClNO2/c1-3-17-13(7-6-12(16)14(17)18)10-5-4-9(19-2)8-11(10)15/h4-8H,3H2,1-2H3. The van der Waals surface area contributed by atoms with Gasteiger partial charge < -0.3 is 9.30 Å². The molecule has 0 spiro atoms. The highest BCUT2D eigenvalue weighted by Gasteiger charge is 2.11. The third-order valence-corrected chi connectivity index (χ3v) is 3.84. The Labute approximate surface area is 124 Å². The van der Waals surface area contributed by atoms with E-state index in [1.54, 1.807) is 17.7 Å². The molecule has 0 atom stereocenters. The summed E-state index contributed by atoms with van der Waals surface area (Å²) in [5.41, 5.74) is 1.58. The summed E-state index contributed by atoms with van der Waals surface area (Å²) < 4.78 is 7.68. The summed E-state index contributed by atoms with van der Waals surface area (Å²) in [4.78, 5) is 12.0. The normalized spacial score (nSPS) is 10.5. The highest BCUT2D eigenvalue weighted by molar-refractivity contribution is 9.10. The van der Waals surface area contributed by atoms with Crippen molar-refractivity contribution in [2.75, 3.05) is 7.11 Å². The van der Waals surface area contributed by atoms with Crippen LogP contribution in [-0.2, 0) is 6.54 Å². The highest BCUT2D eigenvalue weighted by Crippen LogP contribution is 2.31. The van der Waals surface area contributed by atoms with Crippen LogP contribution in [0.3, 0.4) is 0 Å². The van der Waals surface area contributed by atoms with E-state index in [0.717, 1.165) is 21.5 Å². The van der Waals surface area contributed by atoms with Crippen molar-refractivity contribution in [3.8, 4) is 17.0 Å². The third kappa shape index (κ3) is 2.69. The number of ether oxygens (including phenoxy) is 1. The van der Waals surface area contributed by atoms with Gasteiger partial charge in [-0.05, 0) is 53.2 Å². The number of rotatable bonds is 3. The quantitative estimate of drug-likeness (QED) is 0.845. The first-order chi connectivity index (χ1) is 9.08. The lowest BCUT2D eigenvalue weighted by Gasteiger charge is -2.13. The summed E-state index contributed by atoms with van der Waals surface area (Å²) in [5, 5.41) is 0.232. The van der Waals surface area contributed by atoms with E-state index in [0.29, 0.717) is 6.54 Å². The van der Waals surface area contributed by atoms with Crippen LogP contribution in [0.2, 0.25) is 5.02 Å². The van der Waals surface area contributed by atoms with Crippen molar-refractivity contribution >= 4 is 27.5 Å². The first kappa shape index (κ1) is 14.2. The van der Waals surface area contributed by atoms with Gasteiger partial charge in [-0.3, -0.25) is 4.79 Å². The van der Waals surface area contributed by atoms with Crippen LogP contribution in [0.15, 0.2) is 39.6 Å². The van der Waals surface area contributed by atoms with Crippen molar-refractivity contribution in [3.63, 3.8) is 0 Å². The second kappa shape index (κ2) is 5.80. The fourth-order valence-corrected chi connectivity index (χ4v) is 2.66. The Bertz CT molecular complexity index is 667. The number of nitrogens with zero attached hydrogens (tertiary/aromatic N) is 1. The van der Waals surface area contributed by atoms with Gasteiger partial charge in [-0.25, -0.2) is 0 Å². The molecule has 2 rings (SSSR count). The number of halogens is 2. The second-order valence-electron chi connectivity index (χ2n) is 3.96. The summed E-state index contributed by atoms with van der Waals surface area (Å²) in [6.07, 6.45) is 0. The lowest BCUT2D eigenvalue weighted by Crippen LogP contribution is -2.21. The molecule has 1 aromatic heterocycles. The molecule has 100 valence electrons. The zero-order valence-electron chi connectivity index (χ0n) is 10.6. The van der Waals surface area contributed by atoms with Gasteiger partial charge in [0.25, 0.3) is 5.56 Å². The van der Waals surface area contributed by atoms with Gasteiger partial charge in [0.1, 0.15) is 10.8 Å². The molecule has 0 saturated carbocycles. The van der Waals surface area contributed by atoms with Gasteiger partial charge in [0, 0.05) is 16.6 Å². The summed E-state index contributed by atoms with van der Waals surface area (Å²) in [7, 11) is 1.62. The number of hydrogen-bond donors (Lipinski definition) is 0. The van der Waals surface area contributed by atoms with E-state index in [4.69, 9.17) is 16.3 Å². The molecule has 0 unspecified atom stereocenters. The van der Waals surface area contributed by atoms with Crippen LogP contribution in [-0.4, -0.2) is 11.7 Å². The molecule has 19 heavy (non-hydrogen) atoms. The van der Waals surface area contributed by atoms with E-state index >= 15 is 0 Å². The minimum absolute atomic E-state index is 0.176. The topological polar surface area (TPSA) is 31.2 Å². The van der Waals surface area contributed by atoms with E-state index < -0.39 is 0 Å². The van der Waals surface area contributed by atoms with Crippen LogP contribution in [0.25, 0.3) is 11.3 Å². The molecule has 1 aromatic carbocycles. The lowest BCUT2D eigenvalue weighted by molar-refractivity contribution is 0.414. The molecule has 0 saturated heterocycles. The zero-order chi connectivity index (χ0) is 14.0. The molecule has 5 heteroatoms. The summed E-state index contributed by atoms with van der Waals surface area (Å²) >= 11 is 9.38. The van der Waals surface area contributed by atoms with E-state index in [-0.39, 0.29) is 10.6 Å². The van der Waals surface area contributed by atoms with E-state index in [1.165, 1.54) is 0 Å². The predicted octanol–water partition coefficient (Wildman–Crippen LogP) is 3.96. The molecular formula is C14H13BrClNO2. The van der Waals surface area contributed by atoms with Gasteiger partial charge in [0.2, 0.25) is 0 Å². The van der Waals surface area contributed by atoms with Crippen LogP contribution in [0.5, 0.6) is 5.75 Å². The number of hydrogen-bond acceptors (Lipinski definition) is 2. The fourth-order valence-electron chi connectivity index (χ4n) is 1.93. The molecule has 0 aliphatic rings. The first-order valence-electron chi connectivity index (χ1n) is 5.81. The minimum Gasteiger partial charge on any atom is -0.497 e. The van der Waals surface area contributed by atoms with Crippen molar-refractivity contribution in [2.45, 2.75) is 13.5 Å². The van der Waals surface area contributed by atoms with Gasteiger partial charge in [-0.15, -0.1) is 0 Å². The van der Waals surface area contributed by atoms with Crippen LogP contribution >= 0.6 is 27.5 Å². The Morgan fingerprint density at radius 2 is 2.05 bits per heavy atom. The number of aromatic nitrogens is 1. The second-order valence-corrected chi connectivity index (χ2v) is 5.22. The predicted molar refractivity (Wildman–Crippen MR) is 81.1 cm³/mol. The van der Waals surface area contributed by atoms with E-state index in [9.17, 15) is 4.79 Å². The first-order valence-corrected chi connectivity index (χ1v) is 6.98. The molecule has 0 aliphatic carbocycles. The monoisotopic (exact) mass is 341 g/mol. The van der Waals surface area contributed by atoms with Gasteiger partial charge >= 0.3 is 0 Å². The Kier molecular flexibility index (Phi) is 4.32. The maximum absolute atomic E-state index is 12.0. The molecular weight excluding hydrogens is 330 g/mol. The number of pyridine rings is 1.